The Morgan fingerprint density at radius 1 is 0.917 bits per heavy atom. The molecule has 2 fully saturated rings. The summed E-state index contributed by atoms with van der Waals surface area (Å²) in [5.74, 6) is 1.86. The van der Waals surface area contributed by atoms with Crippen molar-refractivity contribution in [2.45, 2.75) is 48.0 Å². The Bertz CT molecular complexity index is 228. The Hall–Kier alpha value is 0. The van der Waals surface area contributed by atoms with E-state index in [2.05, 4.69) is 41.5 Å². The quantitative estimate of drug-likeness (QED) is 0.514. The van der Waals surface area contributed by atoms with Gasteiger partial charge < -0.3 is 0 Å². The molecule has 0 aliphatic heterocycles. The first-order valence-electron chi connectivity index (χ1n) is 5.27. The molecule has 0 spiro atoms. The molecule has 70 valence electrons. The van der Waals surface area contributed by atoms with Crippen LogP contribution < -0.4 is 0 Å². The third kappa shape index (κ3) is 0.506. The minimum atomic E-state index is 0.591. The molecule has 2 aliphatic rings. The van der Waals surface area contributed by atoms with Gasteiger partial charge in [0.25, 0.3) is 0 Å². The molecule has 2 saturated carbocycles. The summed E-state index contributed by atoms with van der Waals surface area (Å²) < 4.78 is 0. The van der Waals surface area contributed by atoms with Crippen molar-refractivity contribution in [2.75, 3.05) is 0 Å². The van der Waals surface area contributed by atoms with E-state index >= 15 is 0 Å². The second-order valence-electron chi connectivity index (χ2n) is 6.26. The molecular weight excluding hydrogens is 144 g/mol. The molecule has 4 unspecified atom stereocenters. The van der Waals surface area contributed by atoms with Gasteiger partial charge >= 0.3 is 0 Å². The van der Waals surface area contributed by atoms with E-state index in [4.69, 9.17) is 0 Å². The molecule has 2 rings (SSSR count). The number of rotatable bonds is 0. The summed E-state index contributed by atoms with van der Waals surface area (Å²) in [5, 5.41) is 0. The van der Waals surface area contributed by atoms with Crippen molar-refractivity contribution < 1.29 is 0 Å². The first-order valence-corrected chi connectivity index (χ1v) is 5.27. The minimum Gasteiger partial charge on any atom is -0.0617 e. The molecule has 0 bridgehead atoms. The maximum atomic E-state index is 2.50. The van der Waals surface area contributed by atoms with Crippen LogP contribution in [-0.4, -0.2) is 0 Å². The zero-order valence-electron chi connectivity index (χ0n) is 9.36. The van der Waals surface area contributed by atoms with Crippen LogP contribution in [0.2, 0.25) is 0 Å². The van der Waals surface area contributed by atoms with E-state index in [0.29, 0.717) is 16.2 Å². The van der Waals surface area contributed by atoms with Gasteiger partial charge in [0.05, 0.1) is 0 Å². The van der Waals surface area contributed by atoms with Crippen LogP contribution in [0.1, 0.15) is 48.0 Å². The van der Waals surface area contributed by atoms with E-state index in [0.717, 1.165) is 11.8 Å². The van der Waals surface area contributed by atoms with Gasteiger partial charge in [-0.2, -0.15) is 0 Å². The van der Waals surface area contributed by atoms with Gasteiger partial charge in [-0.15, -0.1) is 0 Å². The van der Waals surface area contributed by atoms with Gasteiger partial charge in [-0.05, 0) is 34.5 Å². The Morgan fingerprint density at radius 2 is 1.42 bits per heavy atom. The Kier molecular flexibility index (Phi) is 1.26. The molecular formula is C12H22. The fourth-order valence-corrected chi connectivity index (χ4v) is 4.68. The third-order valence-electron chi connectivity index (χ3n) is 6.07. The molecule has 0 radical (unpaired) electrons. The minimum absolute atomic E-state index is 0.591. The van der Waals surface area contributed by atoms with Crippen molar-refractivity contribution >= 4 is 0 Å². The highest BCUT2D eigenvalue weighted by atomic mass is 14.8. The van der Waals surface area contributed by atoms with Crippen LogP contribution in [0.15, 0.2) is 0 Å². The summed E-state index contributed by atoms with van der Waals surface area (Å²) in [7, 11) is 0. The molecule has 0 aromatic heterocycles. The lowest BCUT2D eigenvalue weighted by molar-refractivity contribution is -0.335. The van der Waals surface area contributed by atoms with Gasteiger partial charge in [0.2, 0.25) is 0 Å². The lowest BCUT2D eigenvalue weighted by Gasteiger charge is -2.81. The first-order chi connectivity index (χ1) is 5.27. The maximum Gasteiger partial charge on any atom is -0.0189 e. The molecule has 0 saturated heterocycles. The van der Waals surface area contributed by atoms with Crippen molar-refractivity contribution in [1.29, 1.82) is 0 Å². The van der Waals surface area contributed by atoms with Gasteiger partial charge in [-0.1, -0.05) is 41.5 Å². The summed E-state index contributed by atoms with van der Waals surface area (Å²) in [4.78, 5) is 0. The number of hydrogen-bond donors (Lipinski definition) is 0. The van der Waals surface area contributed by atoms with Gasteiger partial charge in [0.15, 0.2) is 0 Å². The lowest BCUT2D eigenvalue weighted by Crippen LogP contribution is -2.75. The van der Waals surface area contributed by atoms with E-state index in [-0.39, 0.29) is 0 Å². The Morgan fingerprint density at radius 3 is 1.67 bits per heavy atom. The second-order valence-corrected chi connectivity index (χ2v) is 6.26. The molecule has 0 aromatic carbocycles. The zero-order valence-corrected chi connectivity index (χ0v) is 9.36. The predicted molar refractivity (Wildman–Crippen MR) is 52.9 cm³/mol. The monoisotopic (exact) mass is 166 g/mol. The Balaban J connectivity index is 2.34. The van der Waals surface area contributed by atoms with Crippen LogP contribution in [0.5, 0.6) is 0 Å². The van der Waals surface area contributed by atoms with E-state index in [9.17, 15) is 0 Å². The largest absolute Gasteiger partial charge is 0.0617 e. The smallest absolute Gasteiger partial charge is 0.0189 e. The molecule has 0 nitrogen and oxygen atoms in total. The summed E-state index contributed by atoms with van der Waals surface area (Å²) in [6.45, 7) is 14.7. The first kappa shape index (κ1) is 8.59. The number of fused-ring (bicyclic) bond motifs is 1. The average molecular weight is 166 g/mol. The van der Waals surface area contributed by atoms with Crippen LogP contribution in [0.3, 0.4) is 0 Å². The maximum absolute atomic E-state index is 2.50. The van der Waals surface area contributed by atoms with E-state index in [1.54, 1.807) is 0 Å². The third-order valence-corrected chi connectivity index (χ3v) is 6.07. The van der Waals surface area contributed by atoms with Crippen LogP contribution in [0.25, 0.3) is 0 Å². The van der Waals surface area contributed by atoms with Gasteiger partial charge in [0.1, 0.15) is 0 Å². The molecule has 4 atom stereocenters. The van der Waals surface area contributed by atoms with Crippen molar-refractivity contribution in [2.24, 2.45) is 28.1 Å². The molecule has 0 N–H and O–H groups in total. The summed E-state index contributed by atoms with van der Waals surface area (Å²) >= 11 is 0. The SMILES string of the molecule is CC1C(C)C2(C)C(C)(C)CC12C. The highest BCUT2D eigenvalue weighted by molar-refractivity contribution is 5.24. The van der Waals surface area contributed by atoms with Gasteiger partial charge in [-0.3, -0.25) is 0 Å². The zero-order chi connectivity index (χ0) is 9.36. The van der Waals surface area contributed by atoms with Gasteiger partial charge in [0, 0.05) is 0 Å². The van der Waals surface area contributed by atoms with Crippen molar-refractivity contribution in [1.82, 2.24) is 0 Å². The lowest BCUT2D eigenvalue weighted by atomic mass is 9.23. The van der Waals surface area contributed by atoms with Crippen LogP contribution in [0.4, 0.5) is 0 Å². The second kappa shape index (κ2) is 1.76. The summed E-state index contributed by atoms with van der Waals surface area (Å²) in [6.07, 6.45) is 1.43. The molecule has 0 amide bonds. The molecule has 0 aromatic rings. The van der Waals surface area contributed by atoms with Gasteiger partial charge in [-0.25, -0.2) is 0 Å². The van der Waals surface area contributed by atoms with Crippen LogP contribution >= 0.6 is 0 Å². The molecule has 0 heteroatoms. The molecule has 2 aliphatic carbocycles. The molecule has 0 heterocycles. The fourth-order valence-electron chi connectivity index (χ4n) is 4.68. The topological polar surface area (TPSA) is 0 Å². The van der Waals surface area contributed by atoms with Crippen molar-refractivity contribution in [3.8, 4) is 0 Å². The van der Waals surface area contributed by atoms with Crippen molar-refractivity contribution in [3.63, 3.8) is 0 Å². The normalized spacial score (nSPS) is 61.5. The van der Waals surface area contributed by atoms with Crippen LogP contribution in [0, 0.1) is 28.1 Å². The fraction of sp³-hybridized carbons (Fsp3) is 1.00. The molecule has 12 heavy (non-hydrogen) atoms. The van der Waals surface area contributed by atoms with E-state index in [1.807, 2.05) is 0 Å². The van der Waals surface area contributed by atoms with E-state index < -0.39 is 0 Å². The van der Waals surface area contributed by atoms with Crippen LogP contribution in [-0.2, 0) is 0 Å². The number of hydrogen-bond acceptors (Lipinski definition) is 0. The highest BCUT2D eigenvalue weighted by Crippen LogP contribution is 2.82. The Labute approximate surface area is 76.7 Å². The highest BCUT2D eigenvalue weighted by Gasteiger charge is 2.76. The van der Waals surface area contributed by atoms with Crippen molar-refractivity contribution in [3.05, 3.63) is 0 Å². The summed E-state index contributed by atoms with van der Waals surface area (Å²) in [6, 6.07) is 0. The summed E-state index contributed by atoms with van der Waals surface area (Å²) in [5.41, 5.74) is 1.88. The average Bonchev–Trinajstić information content (AvgIpc) is 1.99. The van der Waals surface area contributed by atoms with E-state index in [1.165, 1.54) is 6.42 Å². The standard InChI is InChI=1S/C12H22/c1-8-9(2)12(6)10(3,4)7-11(8,12)5/h8-9H,7H2,1-6H3. The predicted octanol–water partition coefficient (Wildman–Crippen LogP) is 3.71.